The number of rotatable bonds is 6. The van der Waals surface area contributed by atoms with Crippen LogP contribution < -0.4 is 10.6 Å². The molecule has 0 saturated heterocycles. The molecule has 110 valence electrons. The van der Waals surface area contributed by atoms with Gasteiger partial charge in [-0.05, 0) is 39.4 Å². The van der Waals surface area contributed by atoms with Gasteiger partial charge in [-0.25, -0.2) is 0 Å². The Bertz CT molecular complexity index is 423. The van der Waals surface area contributed by atoms with Gasteiger partial charge in [0, 0.05) is 12.6 Å². The molecule has 1 fully saturated rings. The van der Waals surface area contributed by atoms with Crippen LogP contribution in [0.2, 0.25) is 0 Å². The smallest absolute Gasteiger partial charge is 0.191 e. The summed E-state index contributed by atoms with van der Waals surface area (Å²) in [7, 11) is 4.21. The zero-order chi connectivity index (χ0) is 14.4. The summed E-state index contributed by atoms with van der Waals surface area (Å²) in [6.07, 6.45) is 2.53. The molecule has 2 N–H and O–H groups in total. The third kappa shape index (κ3) is 4.53. The normalized spacial score (nSPS) is 17.1. The van der Waals surface area contributed by atoms with Gasteiger partial charge in [-0.1, -0.05) is 30.3 Å². The maximum absolute atomic E-state index is 4.74. The molecule has 0 spiro atoms. The van der Waals surface area contributed by atoms with Crippen LogP contribution in [-0.4, -0.2) is 44.1 Å². The van der Waals surface area contributed by atoms with E-state index in [9.17, 15) is 0 Å². The molecule has 1 aromatic rings. The van der Waals surface area contributed by atoms with Crippen LogP contribution in [0.15, 0.2) is 35.3 Å². The van der Waals surface area contributed by atoms with Crippen molar-refractivity contribution >= 4 is 5.96 Å². The first-order valence-electron chi connectivity index (χ1n) is 7.47. The molecule has 4 nitrogen and oxygen atoms in total. The summed E-state index contributed by atoms with van der Waals surface area (Å²) in [4.78, 5) is 6.97. The molecule has 0 aromatic heterocycles. The Morgan fingerprint density at radius 3 is 2.55 bits per heavy atom. The van der Waals surface area contributed by atoms with E-state index in [-0.39, 0.29) is 0 Å². The van der Waals surface area contributed by atoms with E-state index in [4.69, 9.17) is 4.99 Å². The van der Waals surface area contributed by atoms with Crippen LogP contribution in [-0.2, 0) is 0 Å². The van der Waals surface area contributed by atoms with Crippen molar-refractivity contribution in [2.45, 2.75) is 31.8 Å². The van der Waals surface area contributed by atoms with Gasteiger partial charge in [0.15, 0.2) is 5.96 Å². The van der Waals surface area contributed by atoms with Gasteiger partial charge in [-0.3, -0.25) is 4.99 Å². The predicted molar refractivity (Wildman–Crippen MR) is 85.0 cm³/mol. The molecule has 0 heterocycles. The number of hydrogen-bond acceptors (Lipinski definition) is 2. The number of nitrogens with zero attached hydrogens (tertiary/aromatic N) is 2. The van der Waals surface area contributed by atoms with Crippen molar-refractivity contribution in [3.8, 4) is 0 Å². The highest BCUT2D eigenvalue weighted by Gasteiger charge is 2.22. The number of aliphatic imine (C=N–C) groups is 1. The minimum Gasteiger partial charge on any atom is -0.357 e. The van der Waals surface area contributed by atoms with E-state index in [1.54, 1.807) is 0 Å². The number of likely N-dealkylation sites (N-methyl/N-ethyl adjacent to an activating group) is 1. The average Bonchev–Trinajstić information content (AvgIpc) is 3.24. The van der Waals surface area contributed by atoms with Gasteiger partial charge in [-0.2, -0.15) is 0 Å². The largest absolute Gasteiger partial charge is 0.357 e. The molecule has 0 bridgehead atoms. The number of hydrogen-bond donors (Lipinski definition) is 2. The molecule has 20 heavy (non-hydrogen) atoms. The van der Waals surface area contributed by atoms with Gasteiger partial charge < -0.3 is 15.5 Å². The highest BCUT2D eigenvalue weighted by Crippen LogP contribution is 2.19. The zero-order valence-corrected chi connectivity index (χ0v) is 12.8. The van der Waals surface area contributed by atoms with Crippen molar-refractivity contribution in [2.24, 2.45) is 4.99 Å². The van der Waals surface area contributed by atoms with Crippen molar-refractivity contribution in [1.82, 2.24) is 15.5 Å². The monoisotopic (exact) mass is 274 g/mol. The fraction of sp³-hybridized carbons (Fsp3) is 0.562. The Labute approximate surface area is 122 Å². The molecule has 2 rings (SSSR count). The SMILES string of the molecule is CCNC(=NCC(c1ccccc1)N(C)C)NC1CC1. The molecule has 1 aromatic carbocycles. The second kappa shape index (κ2) is 7.29. The van der Waals surface area contributed by atoms with E-state index < -0.39 is 0 Å². The lowest BCUT2D eigenvalue weighted by Gasteiger charge is -2.23. The van der Waals surface area contributed by atoms with Crippen LogP contribution in [0.25, 0.3) is 0 Å². The number of benzene rings is 1. The topological polar surface area (TPSA) is 39.7 Å². The highest BCUT2D eigenvalue weighted by molar-refractivity contribution is 5.80. The first kappa shape index (κ1) is 14.9. The Morgan fingerprint density at radius 1 is 1.30 bits per heavy atom. The lowest BCUT2D eigenvalue weighted by molar-refractivity contribution is 0.306. The minimum absolute atomic E-state index is 0.311. The fourth-order valence-electron chi connectivity index (χ4n) is 2.16. The standard InChI is InChI=1S/C16H26N4/c1-4-17-16(19-14-10-11-14)18-12-15(20(2)3)13-8-6-5-7-9-13/h5-9,14-15H,4,10-12H2,1-3H3,(H2,17,18,19). The molecule has 0 radical (unpaired) electrons. The van der Waals surface area contributed by atoms with Gasteiger partial charge in [0.2, 0.25) is 0 Å². The Balaban J connectivity index is 2.02. The summed E-state index contributed by atoms with van der Waals surface area (Å²) in [5, 5.41) is 6.78. The fourth-order valence-corrected chi connectivity index (χ4v) is 2.16. The molecule has 1 unspecified atom stereocenters. The molecule has 1 atom stereocenters. The van der Waals surface area contributed by atoms with Gasteiger partial charge >= 0.3 is 0 Å². The summed E-state index contributed by atoms with van der Waals surface area (Å²) in [5.41, 5.74) is 1.31. The zero-order valence-electron chi connectivity index (χ0n) is 12.8. The summed E-state index contributed by atoms with van der Waals surface area (Å²) in [6, 6.07) is 11.5. The lowest BCUT2D eigenvalue weighted by Crippen LogP contribution is -2.39. The van der Waals surface area contributed by atoms with Gasteiger partial charge in [-0.15, -0.1) is 0 Å². The molecule has 1 aliphatic rings. The van der Waals surface area contributed by atoms with Crippen LogP contribution in [0.1, 0.15) is 31.4 Å². The summed E-state index contributed by atoms with van der Waals surface area (Å²) < 4.78 is 0. The van der Waals surface area contributed by atoms with Crippen LogP contribution in [0, 0.1) is 0 Å². The van der Waals surface area contributed by atoms with E-state index in [2.05, 4.69) is 66.9 Å². The van der Waals surface area contributed by atoms with E-state index >= 15 is 0 Å². The second-order valence-corrected chi connectivity index (χ2v) is 5.53. The second-order valence-electron chi connectivity index (χ2n) is 5.53. The Hall–Kier alpha value is -1.55. The van der Waals surface area contributed by atoms with Crippen molar-refractivity contribution in [2.75, 3.05) is 27.2 Å². The van der Waals surface area contributed by atoms with Gasteiger partial charge in [0.1, 0.15) is 0 Å². The maximum Gasteiger partial charge on any atom is 0.191 e. The first-order chi connectivity index (χ1) is 9.70. The predicted octanol–water partition coefficient (Wildman–Crippen LogP) is 2.01. The van der Waals surface area contributed by atoms with E-state index in [0.29, 0.717) is 12.1 Å². The molecule has 0 aliphatic heterocycles. The van der Waals surface area contributed by atoms with Crippen LogP contribution in [0.5, 0.6) is 0 Å². The third-order valence-electron chi connectivity index (χ3n) is 3.49. The summed E-state index contributed by atoms with van der Waals surface area (Å²) >= 11 is 0. The molecule has 1 aliphatic carbocycles. The summed E-state index contributed by atoms with van der Waals surface area (Å²) in [6.45, 7) is 3.76. The van der Waals surface area contributed by atoms with Crippen molar-refractivity contribution in [1.29, 1.82) is 0 Å². The molecule has 4 heteroatoms. The van der Waals surface area contributed by atoms with Crippen LogP contribution in [0.3, 0.4) is 0 Å². The van der Waals surface area contributed by atoms with E-state index in [1.165, 1.54) is 18.4 Å². The van der Waals surface area contributed by atoms with Crippen LogP contribution in [0.4, 0.5) is 0 Å². The van der Waals surface area contributed by atoms with Crippen molar-refractivity contribution < 1.29 is 0 Å². The maximum atomic E-state index is 4.74. The Morgan fingerprint density at radius 2 is 2.00 bits per heavy atom. The molecule has 0 amide bonds. The third-order valence-corrected chi connectivity index (χ3v) is 3.49. The van der Waals surface area contributed by atoms with E-state index in [1.807, 2.05) is 0 Å². The minimum atomic E-state index is 0.311. The number of guanidine groups is 1. The summed E-state index contributed by atoms with van der Waals surface area (Å²) in [5.74, 6) is 0.942. The van der Waals surface area contributed by atoms with Crippen molar-refractivity contribution in [3.05, 3.63) is 35.9 Å². The molecular weight excluding hydrogens is 248 g/mol. The lowest BCUT2D eigenvalue weighted by atomic mass is 10.1. The molecule has 1 saturated carbocycles. The Kier molecular flexibility index (Phi) is 5.41. The van der Waals surface area contributed by atoms with Gasteiger partial charge in [0.05, 0.1) is 12.6 Å². The van der Waals surface area contributed by atoms with Gasteiger partial charge in [0.25, 0.3) is 0 Å². The van der Waals surface area contributed by atoms with Crippen molar-refractivity contribution in [3.63, 3.8) is 0 Å². The number of nitrogens with one attached hydrogen (secondary N) is 2. The van der Waals surface area contributed by atoms with E-state index in [0.717, 1.165) is 19.0 Å². The first-order valence-corrected chi connectivity index (χ1v) is 7.47. The molecular formula is C16H26N4. The quantitative estimate of drug-likeness (QED) is 0.616. The average molecular weight is 274 g/mol. The van der Waals surface area contributed by atoms with Crippen LogP contribution >= 0.6 is 0 Å². The highest BCUT2D eigenvalue weighted by atomic mass is 15.2.